The Morgan fingerprint density at radius 3 is 2.33 bits per heavy atom. The van der Waals surface area contributed by atoms with Gasteiger partial charge in [-0.15, -0.1) is 0 Å². The fraction of sp³-hybridized carbons (Fsp3) is 0.903. The second kappa shape index (κ2) is 7.44. The van der Waals surface area contributed by atoms with Crippen LogP contribution in [0.3, 0.4) is 0 Å². The highest BCUT2D eigenvalue weighted by Gasteiger charge is 2.82. The molecule has 2 spiro atoms. The van der Waals surface area contributed by atoms with Crippen LogP contribution in [-0.2, 0) is 4.79 Å². The van der Waals surface area contributed by atoms with E-state index >= 15 is 0 Å². The van der Waals surface area contributed by atoms with Crippen molar-refractivity contribution >= 4 is 5.78 Å². The molecule has 2 heteroatoms. The van der Waals surface area contributed by atoms with Gasteiger partial charge in [-0.25, -0.2) is 0 Å². The number of carbonyl (C=O) groups is 1. The van der Waals surface area contributed by atoms with Gasteiger partial charge in [-0.2, -0.15) is 0 Å². The van der Waals surface area contributed by atoms with Gasteiger partial charge < -0.3 is 5.11 Å². The van der Waals surface area contributed by atoms with Crippen molar-refractivity contribution in [2.45, 2.75) is 112 Å². The minimum Gasteiger partial charge on any atom is -0.396 e. The lowest BCUT2D eigenvalue weighted by molar-refractivity contribution is -0.157. The predicted molar refractivity (Wildman–Crippen MR) is 136 cm³/mol. The summed E-state index contributed by atoms with van der Waals surface area (Å²) in [6, 6.07) is 0. The van der Waals surface area contributed by atoms with Crippen LogP contribution in [0, 0.1) is 56.7 Å². The molecule has 5 rings (SSSR count). The van der Waals surface area contributed by atoms with Crippen LogP contribution in [-0.4, -0.2) is 17.5 Å². The SMILES string of the molecule is C=C(CC[C@@H](C)[C@H]1CC[C@@]2(C)[C@@H]3CC[C@H]4C(C)(C)C(=O)CC[C@@]45C[C@@]35CC[C@@]12C)[C@@H](C)CO. The summed E-state index contributed by atoms with van der Waals surface area (Å²) in [5, 5.41) is 9.50. The van der Waals surface area contributed by atoms with Gasteiger partial charge in [0, 0.05) is 18.4 Å². The van der Waals surface area contributed by atoms with Gasteiger partial charge in [0.15, 0.2) is 0 Å². The van der Waals surface area contributed by atoms with Gasteiger partial charge in [0.1, 0.15) is 5.78 Å². The number of aliphatic hydroxyl groups is 1. The largest absolute Gasteiger partial charge is 0.396 e. The summed E-state index contributed by atoms with van der Waals surface area (Å²) in [5.74, 6) is 3.80. The van der Waals surface area contributed by atoms with Gasteiger partial charge in [0.05, 0.1) is 0 Å². The first kappa shape index (κ1) is 24.1. The Balaban J connectivity index is 1.37. The Kier molecular flexibility index (Phi) is 5.43. The minimum atomic E-state index is -0.102. The summed E-state index contributed by atoms with van der Waals surface area (Å²) in [4.78, 5) is 12.9. The molecule has 186 valence electrons. The van der Waals surface area contributed by atoms with Crippen LogP contribution >= 0.6 is 0 Å². The van der Waals surface area contributed by atoms with Crippen LogP contribution in [0.1, 0.15) is 112 Å². The number of rotatable bonds is 6. The molecule has 1 N–H and O–H groups in total. The number of hydrogen-bond donors (Lipinski definition) is 1. The van der Waals surface area contributed by atoms with Crippen molar-refractivity contribution < 1.29 is 9.90 Å². The first-order valence-electron chi connectivity index (χ1n) is 14.2. The molecule has 2 nitrogen and oxygen atoms in total. The Labute approximate surface area is 203 Å². The van der Waals surface area contributed by atoms with Gasteiger partial charge in [0.2, 0.25) is 0 Å². The second-order valence-electron chi connectivity index (χ2n) is 14.6. The smallest absolute Gasteiger partial charge is 0.138 e. The highest BCUT2D eigenvalue weighted by Crippen LogP contribution is 2.88. The minimum absolute atomic E-state index is 0.102. The fourth-order valence-corrected chi connectivity index (χ4v) is 11.1. The molecule has 0 heterocycles. The van der Waals surface area contributed by atoms with Crippen LogP contribution in [0.4, 0.5) is 0 Å². The zero-order chi connectivity index (χ0) is 24.0. The van der Waals surface area contributed by atoms with E-state index in [0.29, 0.717) is 33.4 Å². The van der Waals surface area contributed by atoms with E-state index in [2.05, 4.69) is 48.1 Å². The molecule has 0 unspecified atom stereocenters. The summed E-state index contributed by atoms with van der Waals surface area (Å²) in [6.45, 7) is 19.0. The standard InChI is InChI=1S/C31H50O2/c1-20(22(3)18-32)8-9-21(2)23-12-14-29(7)25-11-10-24-27(4,5)26(33)13-15-30(24)19-31(25,30)17-16-28(23,29)6/h21-25,32H,1,8-19H2,2-7H3/t21-,22+,23-,24+,25+,28+,29+,30-,31+/m1/s1. The average molecular weight is 455 g/mol. The number of hydrogen-bond acceptors (Lipinski definition) is 2. The van der Waals surface area contributed by atoms with E-state index < -0.39 is 0 Å². The van der Waals surface area contributed by atoms with Crippen molar-refractivity contribution in [1.82, 2.24) is 0 Å². The van der Waals surface area contributed by atoms with Gasteiger partial charge in [-0.1, -0.05) is 53.7 Å². The van der Waals surface area contributed by atoms with Crippen molar-refractivity contribution in [2.24, 2.45) is 56.7 Å². The molecule has 0 saturated heterocycles. The van der Waals surface area contributed by atoms with Crippen molar-refractivity contribution in [3.63, 3.8) is 0 Å². The maximum Gasteiger partial charge on any atom is 0.138 e. The van der Waals surface area contributed by atoms with Crippen molar-refractivity contribution in [1.29, 1.82) is 0 Å². The molecule has 0 radical (unpaired) electrons. The number of aliphatic hydroxyl groups excluding tert-OH is 1. The average Bonchev–Trinajstić information content (AvgIpc) is 3.36. The van der Waals surface area contributed by atoms with Crippen LogP contribution in [0.15, 0.2) is 12.2 Å². The first-order chi connectivity index (χ1) is 15.4. The van der Waals surface area contributed by atoms with Crippen molar-refractivity contribution in [2.75, 3.05) is 6.61 Å². The molecule has 0 amide bonds. The fourth-order valence-electron chi connectivity index (χ4n) is 11.1. The third-order valence-electron chi connectivity index (χ3n) is 13.5. The van der Waals surface area contributed by atoms with Crippen LogP contribution < -0.4 is 0 Å². The Morgan fingerprint density at radius 1 is 0.970 bits per heavy atom. The Morgan fingerprint density at radius 2 is 1.64 bits per heavy atom. The van der Waals surface area contributed by atoms with Crippen LogP contribution in [0.5, 0.6) is 0 Å². The lowest BCUT2D eigenvalue weighted by Gasteiger charge is -2.62. The summed E-state index contributed by atoms with van der Waals surface area (Å²) < 4.78 is 0. The molecule has 0 aromatic rings. The number of fused-ring (bicyclic) bond motifs is 2. The zero-order valence-corrected chi connectivity index (χ0v) is 22.4. The third-order valence-corrected chi connectivity index (χ3v) is 13.5. The first-order valence-corrected chi connectivity index (χ1v) is 14.2. The van der Waals surface area contributed by atoms with Gasteiger partial charge >= 0.3 is 0 Å². The quantitative estimate of drug-likeness (QED) is 0.420. The van der Waals surface area contributed by atoms with Crippen molar-refractivity contribution in [3.8, 4) is 0 Å². The normalized spacial score (nSPS) is 49.3. The Bertz CT molecular complexity index is 842. The molecular formula is C31H50O2. The monoisotopic (exact) mass is 454 g/mol. The summed E-state index contributed by atoms with van der Waals surface area (Å²) >= 11 is 0. The maximum atomic E-state index is 12.9. The molecule has 0 aromatic carbocycles. The van der Waals surface area contributed by atoms with E-state index in [-0.39, 0.29) is 17.9 Å². The lowest BCUT2D eigenvalue weighted by atomic mass is 9.42. The molecule has 5 aliphatic carbocycles. The van der Waals surface area contributed by atoms with Gasteiger partial charge in [-0.05, 0) is 115 Å². The predicted octanol–water partition coefficient (Wildman–Crippen LogP) is 7.60. The molecular weight excluding hydrogens is 404 g/mol. The lowest BCUT2D eigenvalue weighted by Crippen LogP contribution is -2.57. The van der Waals surface area contributed by atoms with Gasteiger partial charge in [0.25, 0.3) is 0 Å². The Hall–Kier alpha value is -0.630. The molecule has 5 aliphatic rings. The van der Waals surface area contributed by atoms with Crippen LogP contribution in [0.2, 0.25) is 0 Å². The number of carbonyl (C=O) groups excluding carboxylic acids is 1. The zero-order valence-electron chi connectivity index (χ0n) is 22.4. The molecule has 5 fully saturated rings. The van der Waals surface area contributed by atoms with Crippen molar-refractivity contribution in [3.05, 3.63) is 12.2 Å². The summed E-state index contributed by atoms with van der Waals surface area (Å²) in [6.07, 6.45) is 14.0. The second-order valence-corrected chi connectivity index (χ2v) is 14.6. The number of ketones is 1. The van der Waals surface area contributed by atoms with Crippen LogP contribution in [0.25, 0.3) is 0 Å². The molecule has 5 saturated carbocycles. The summed E-state index contributed by atoms with van der Waals surface area (Å²) in [7, 11) is 0. The van der Waals surface area contributed by atoms with Gasteiger partial charge in [-0.3, -0.25) is 4.79 Å². The molecule has 33 heavy (non-hydrogen) atoms. The van der Waals surface area contributed by atoms with E-state index in [9.17, 15) is 9.90 Å². The van der Waals surface area contributed by atoms with E-state index in [1.807, 2.05) is 0 Å². The molecule has 9 atom stereocenters. The molecule has 0 aliphatic heterocycles. The van der Waals surface area contributed by atoms with E-state index in [1.165, 1.54) is 63.4 Å². The highest BCUT2D eigenvalue weighted by molar-refractivity contribution is 5.86. The third kappa shape index (κ3) is 2.91. The maximum absolute atomic E-state index is 12.9. The highest BCUT2D eigenvalue weighted by atomic mass is 16.3. The summed E-state index contributed by atoms with van der Waals surface area (Å²) in [5.41, 5.74) is 3.06. The topological polar surface area (TPSA) is 37.3 Å². The van der Waals surface area contributed by atoms with E-state index in [1.54, 1.807) is 0 Å². The number of Topliss-reactive ketones (excluding diaryl/α,β-unsaturated/α-hetero) is 1. The van der Waals surface area contributed by atoms with E-state index in [0.717, 1.165) is 30.6 Å². The molecule has 0 bridgehead atoms. The molecule has 0 aromatic heterocycles. The van der Waals surface area contributed by atoms with E-state index in [4.69, 9.17) is 0 Å².